The van der Waals surface area contributed by atoms with Crippen LogP contribution >= 0.6 is 57.4 Å². The van der Waals surface area contributed by atoms with Crippen molar-refractivity contribution in [2.75, 3.05) is 5.32 Å². The predicted molar refractivity (Wildman–Crippen MR) is 92.7 cm³/mol. The van der Waals surface area contributed by atoms with Crippen LogP contribution in [0.4, 0.5) is 5.69 Å². The summed E-state index contributed by atoms with van der Waals surface area (Å²) in [7, 11) is 0. The molecule has 5 heteroatoms. The fourth-order valence-corrected chi connectivity index (χ4v) is 3.25. The van der Waals surface area contributed by atoms with Crippen molar-refractivity contribution in [3.8, 4) is 0 Å². The van der Waals surface area contributed by atoms with Gasteiger partial charge in [-0.2, -0.15) is 0 Å². The van der Waals surface area contributed by atoms with Crippen LogP contribution in [0.1, 0.15) is 18.5 Å². The van der Waals surface area contributed by atoms with Gasteiger partial charge < -0.3 is 5.32 Å². The van der Waals surface area contributed by atoms with Crippen molar-refractivity contribution in [3.05, 3.63) is 60.6 Å². The van der Waals surface area contributed by atoms with Crippen LogP contribution in [0.2, 0.25) is 15.1 Å². The monoisotopic (exact) mass is 425 g/mol. The Balaban J connectivity index is 2.23. The number of rotatable bonds is 3. The van der Waals surface area contributed by atoms with E-state index >= 15 is 0 Å². The summed E-state index contributed by atoms with van der Waals surface area (Å²) in [6.07, 6.45) is 0. The molecule has 0 saturated carbocycles. The van der Waals surface area contributed by atoms with Gasteiger partial charge in [0.15, 0.2) is 0 Å². The number of nitrogens with one attached hydrogen (secondary N) is 1. The molecule has 0 spiro atoms. The van der Waals surface area contributed by atoms with E-state index in [9.17, 15) is 0 Å². The molecule has 0 saturated heterocycles. The topological polar surface area (TPSA) is 12.0 Å². The van der Waals surface area contributed by atoms with Crippen LogP contribution < -0.4 is 5.32 Å². The summed E-state index contributed by atoms with van der Waals surface area (Å²) in [4.78, 5) is 0. The number of hydrogen-bond acceptors (Lipinski definition) is 1. The van der Waals surface area contributed by atoms with Gasteiger partial charge in [0, 0.05) is 13.6 Å². The lowest BCUT2D eigenvalue weighted by Gasteiger charge is -2.18. The molecule has 0 aliphatic heterocycles. The molecule has 2 rings (SSSR count). The fourth-order valence-electron chi connectivity index (χ4n) is 1.77. The molecule has 0 aromatic heterocycles. The Hall–Kier alpha value is -0.160. The lowest BCUT2D eigenvalue weighted by molar-refractivity contribution is 0.885. The molecule has 1 N–H and O–H groups in total. The molecule has 19 heavy (non-hydrogen) atoms. The molecule has 0 amide bonds. The van der Waals surface area contributed by atoms with Gasteiger partial charge in [0.05, 0.1) is 16.8 Å². The maximum Gasteiger partial charge on any atom is 0.0648 e. The first kappa shape index (κ1) is 15.2. The zero-order chi connectivity index (χ0) is 14.0. The Morgan fingerprint density at radius 1 is 1.00 bits per heavy atom. The molecule has 1 unspecified atom stereocenters. The van der Waals surface area contributed by atoms with E-state index in [0.717, 1.165) is 14.8 Å². The SMILES string of the molecule is CC(Nc1ccc(I)cc1Cl)c1ccc(Cl)cc1Cl. The smallest absolute Gasteiger partial charge is 0.0648 e. The van der Waals surface area contributed by atoms with Crippen LogP contribution in [0.15, 0.2) is 36.4 Å². The summed E-state index contributed by atoms with van der Waals surface area (Å²) in [5.74, 6) is 0. The minimum Gasteiger partial charge on any atom is -0.377 e. The molecular formula is C14H11Cl3IN. The molecule has 0 radical (unpaired) electrons. The number of halogens is 4. The van der Waals surface area contributed by atoms with Crippen molar-refractivity contribution in [1.29, 1.82) is 0 Å². The average Bonchev–Trinajstić information content (AvgIpc) is 2.32. The number of hydrogen-bond donors (Lipinski definition) is 1. The standard InChI is InChI=1S/C14H11Cl3IN/c1-8(11-4-2-9(15)6-12(11)16)19-14-5-3-10(18)7-13(14)17/h2-8,19H,1H3. The molecule has 1 nitrogen and oxygen atoms in total. The molecule has 0 aliphatic carbocycles. The van der Waals surface area contributed by atoms with E-state index in [4.69, 9.17) is 34.8 Å². The summed E-state index contributed by atoms with van der Waals surface area (Å²) >= 11 is 20.5. The molecule has 0 aliphatic rings. The van der Waals surface area contributed by atoms with Gasteiger partial charge in [0.25, 0.3) is 0 Å². The maximum atomic E-state index is 6.20. The first-order valence-corrected chi connectivity index (χ1v) is 7.85. The van der Waals surface area contributed by atoms with Gasteiger partial charge in [-0.1, -0.05) is 40.9 Å². The van der Waals surface area contributed by atoms with Crippen LogP contribution in [0.5, 0.6) is 0 Å². The number of anilines is 1. The second-order valence-corrected chi connectivity index (χ2v) is 6.65. The molecular weight excluding hydrogens is 415 g/mol. The Morgan fingerprint density at radius 2 is 1.74 bits per heavy atom. The lowest BCUT2D eigenvalue weighted by atomic mass is 10.1. The van der Waals surface area contributed by atoms with Crippen molar-refractivity contribution >= 4 is 63.1 Å². The highest BCUT2D eigenvalue weighted by Crippen LogP contribution is 2.31. The largest absolute Gasteiger partial charge is 0.377 e. The van der Waals surface area contributed by atoms with Gasteiger partial charge in [-0.25, -0.2) is 0 Å². The van der Waals surface area contributed by atoms with Gasteiger partial charge in [0.2, 0.25) is 0 Å². The summed E-state index contributed by atoms with van der Waals surface area (Å²) in [5.41, 5.74) is 1.88. The summed E-state index contributed by atoms with van der Waals surface area (Å²) in [6, 6.07) is 11.4. The zero-order valence-electron chi connectivity index (χ0n) is 10.1. The average molecular weight is 427 g/mol. The molecule has 2 aromatic carbocycles. The Labute approximate surface area is 141 Å². The van der Waals surface area contributed by atoms with Crippen LogP contribution in [0.25, 0.3) is 0 Å². The van der Waals surface area contributed by atoms with Crippen molar-refractivity contribution in [2.45, 2.75) is 13.0 Å². The maximum absolute atomic E-state index is 6.20. The zero-order valence-corrected chi connectivity index (χ0v) is 14.5. The van der Waals surface area contributed by atoms with E-state index in [1.807, 2.05) is 37.3 Å². The summed E-state index contributed by atoms with van der Waals surface area (Å²) < 4.78 is 1.10. The van der Waals surface area contributed by atoms with Gasteiger partial charge in [0.1, 0.15) is 0 Å². The Bertz CT molecular complexity index is 601. The fraction of sp³-hybridized carbons (Fsp3) is 0.143. The molecule has 2 aromatic rings. The highest BCUT2D eigenvalue weighted by molar-refractivity contribution is 14.1. The molecule has 0 heterocycles. The quantitative estimate of drug-likeness (QED) is 0.558. The third-order valence-corrected chi connectivity index (χ3v) is 4.28. The minimum absolute atomic E-state index is 0.0438. The molecule has 1 atom stereocenters. The highest BCUT2D eigenvalue weighted by atomic mass is 127. The Kier molecular flexibility index (Phi) is 5.23. The number of benzene rings is 2. The minimum atomic E-state index is 0.0438. The summed E-state index contributed by atoms with van der Waals surface area (Å²) in [6.45, 7) is 2.03. The van der Waals surface area contributed by atoms with E-state index in [2.05, 4.69) is 27.9 Å². The van der Waals surface area contributed by atoms with Crippen molar-refractivity contribution in [1.82, 2.24) is 0 Å². The summed E-state index contributed by atoms with van der Waals surface area (Å²) in [5, 5.41) is 5.33. The molecule has 100 valence electrons. The van der Waals surface area contributed by atoms with Gasteiger partial charge in [-0.05, 0) is 65.4 Å². The lowest BCUT2D eigenvalue weighted by Crippen LogP contribution is -2.07. The van der Waals surface area contributed by atoms with Crippen LogP contribution in [-0.2, 0) is 0 Å². The van der Waals surface area contributed by atoms with Gasteiger partial charge in [-0.15, -0.1) is 0 Å². The third kappa shape index (κ3) is 3.91. The van der Waals surface area contributed by atoms with Crippen LogP contribution in [0, 0.1) is 3.57 Å². The highest BCUT2D eigenvalue weighted by Gasteiger charge is 2.11. The van der Waals surface area contributed by atoms with Gasteiger partial charge in [-0.3, -0.25) is 0 Å². The van der Waals surface area contributed by atoms with Crippen molar-refractivity contribution in [2.24, 2.45) is 0 Å². The first-order chi connectivity index (χ1) is 8.97. The van der Waals surface area contributed by atoms with E-state index in [1.54, 1.807) is 6.07 Å². The van der Waals surface area contributed by atoms with E-state index in [1.165, 1.54) is 0 Å². The van der Waals surface area contributed by atoms with E-state index in [0.29, 0.717) is 15.1 Å². The first-order valence-electron chi connectivity index (χ1n) is 5.64. The second kappa shape index (κ2) is 6.53. The van der Waals surface area contributed by atoms with Crippen molar-refractivity contribution < 1.29 is 0 Å². The molecule has 0 fully saturated rings. The normalized spacial score (nSPS) is 12.3. The van der Waals surface area contributed by atoms with E-state index < -0.39 is 0 Å². The van der Waals surface area contributed by atoms with E-state index in [-0.39, 0.29) is 6.04 Å². The van der Waals surface area contributed by atoms with Crippen LogP contribution in [0.3, 0.4) is 0 Å². The van der Waals surface area contributed by atoms with Crippen molar-refractivity contribution in [3.63, 3.8) is 0 Å². The van der Waals surface area contributed by atoms with Gasteiger partial charge >= 0.3 is 0 Å². The Morgan fingerprint density at radius 3 is 2.37 bits per heavy atom. The molecule has 0 bridgehead atoms. The predicted octanol–water partition coefficient (Wildman–Crippen LogP) is 6.42. The second-order valence-electron chi connectivity index (χ2n) is 4.16. The van der Waals surface area contributed by atoms with Crippen LogP contribution in [-0.4, -0.2) is 0 Å². The third-order valence-electron chi connectivity index (χ3n) is 2.73.